The molecule has 39 heavy (non-hydrogen) atoms. The minimum Gasteiger partial charge on any atom is -0.465 e. The van der Waals surface area contributed by atoms with Crippen LogP contribution in [0.2, 0.25) is 10.0 Å². The van der Waals surface area contributed by atoms with Gasteiger partial charge in [0.2, 0.25) is 5.91 Å². The van der Waals surface area contributed by atoms with Crippen molar-refractivity contribution in [3.05, 3.63) is 82.1 Å². The molecule has 1 aliphatic heterocycles. The van der Waals surface area contributed by atoms with E-state index >= 15 is 0 Å². The molecule has 2 aromatic carbocycles. The van der Waals surface area contributed by atoms with Crippen LogP contribution in [0.25, 0.3) is 11.3 Å². The molecular weight excluding hydrogens is 539 g/mol. The zero-order valence-corrected chi connectivity index (χ0v) is 23.4. The standard InChI is InChI=1S/C30H30Cl2N2O5/c1-4-30(16-6-9-25(35)34(30)21-14-12-20(13-15-21)29(36)37-3)18(2)38-17-22-27(33-39-28(22)19-10-11-19)26-23(31)7-5-8-24(26)32/h4-5,7-8,12-15,18-19H,1,6,9-11,16-17H2,2-3H3/t18-,30?/m0/s1. The molecule has 2 aliphatic rings. The molecule has 204 valence electrons. The van der Waals surface area contributed by atoms with Gasteiger partial charge in [0.05, 0.1) is 41.0 Å². The van der Waals surface area contributed by atoms with Crippen molar-refractivity contribution in [2.24, 2.45) is 0 Å². The van der Waals surface area contributed by atoms with Crippen LogP contribution in [-0.4, -0.2) is 35.8 Å². The van der Waals surface area contributed by atoms with Gasteiger partial charge in [-0.25, -0.2) is 4.79 Å². The molecule has 0 spiro atoms. The topological polar surface area (TPSA) is 81.9 Å². The van der Waals surface area contributed by atoms with Crippen molar-refractivity contribution in [2.45, 2.75) is 63.2 Å². The summed E-state index contributed by atoms with van der Waals surface area (Å²) in [6.07, 6.45) is 5.19. The molecule has 2 atom stereocenters. The van der Waals surface area contributed by atoms with Gasteiger partial charge < -0.3 is 18.9 Å². The van der Waals surface area contributed by atoms with E-state index in [9.17, 15) is 9.59 Å². The van der Waals surface area contributed by atoms with Crippen molar-refractivity contribution in [2.75, 3.05) is 12.0 Å². The largest absolute Gasteiger partial charge is 0.465 e. The number of piperidine rings is 1. The predicted octanol–water partition coefficient (Wildman–Crippen LogP) is 7.36. The van der Waals surface area contributed by atoms with E-state index in [2.05, 4.69) is 11.7 Å². The minimum atomic E-state index is -0.804. The first kappa shape index (κ1) is 27.4. The second kappa shape index (κ2) is 11.2. The second-order valence-corrected chi connectivity index (χ2v) is 10.8. The predicted molar refractivity (Wildman–Crippen MR) is 150 cm³/mol. The maximum absolute atomic E-state index is 13.3. The van der Waals surface area contributed by atoms with Gasteiger partial charge in [-0.05, 0) is 69.0 Å². The highest BCUT2D eigenvalue weighted by atomic mass is 35.5. The Morgan fingerprint density at radius 1 is 1.23 bits per heavy atom. The molecule has 1 saturated heterocycles. The molecule has 1 saturated carbocycles. The number of hydrogen-bond donors (Lipinski definition) is 0. The summed E-state index contributed by atoms with van der Waals surface area (Å²) in [5, 5.41) is 5.32. The van der Waals surface area contributed by atoms with E-state index in [4.69, 9.17) is 37.2 Å². The van der Waals surface area contributed by atoms with Gasteiger partial charge in [0, 0.05) is 29.2 Å². The van der Waals surface area contributed by atoms with Gasteiger partial charge in [0.15, 0.2) is 0 Å². The number of nitrogens with zero attached hydrogens (tertiary/aromatic N) is 2. The Kier molecular flexibility index (Phi) is 7.85. The molecule has 2 heterocycles. The monoisotopic (exact) mass is 568 g/mol. The summed E-state index contributed by atoms with van der Waals surface area (Å²) in [5.74, 6) is 0.606. The van der Waals surface area contributed by atoms with Gasteiger partial charge >= 0.3 is 5.97 Å². The fourth-order valence-corrected chi connectivity index (χ4v) is 5.95. The summed E-state index contributed by atoms with van der Waals surface area (Å²) >= 11 is 13.0. The summed E-state index contributed by atoms with van der Waals surface area (Å²) in [6.45, 7) is 6.27. The average Bonchev–Trinajstić information content (AvgIpc) is 3.71. The van der Waals surface area contributed by atoms with Gasteiger partial charge in [-0.2, -0.15) is 0 Å². The summed E-state index contributed by atoms with van der Waals surface area (Å²) < 4.78 is 17.1. The summed E-state index contributed by atoms with van der Waals surface area (Å²) in [6, 6.07) is 12.1. The smallest absolute Gasteiger partial charge is 0.337 e. The van der Waals surface area contributed by atoms with E-state index in [1.807, 2.05) is 6.92 Å². The molecule has 3 aromatic rings. The van der Waals surface area contributed by atoms with Gasteiger partial charge in [-0.1, -0.05) is 40.5 Å². The quantitative estimate of drug-likeness (QED) is 0.198. The Morgan fingerprint density at radius 2 is 1.92 bits per heavy atom. The Bertz CT molecular complexity index is 1380. The van der Waals surface area contributed by atoms with E-state index in [1.54, 1.807) is 53.4 Å². The third-order valence-electron chi connectivity index (χ3n) is 7.68. The Balaban J connectivity index is 1.46. The van der Waals surface area contributed by atoms with Gasteiger partial charge in [-0.15, -0.1) is 6.58 Å². The van der Waals surface area contributed by atoms with Crippen LogP contribution in [-0.2, 0) is 20.9 Å². The van der Waals surface area contributed by atoms with Crippen LogP contribution in [0.4, 0.5) is 5.69 Å². The van der Waals surface area contributed by atoms with E-state index < -0.39 is 17.6 Å². The van der Waals surface area contributed by atoms with Crippen molar-refractivity contribution in [1.29, 1.82) is 0 Å². The van der Waals surface area contributed by atoms with Crippen LogP contribution in [0.5, 0.6) is 0 Å². The highest BCUT2D eigenvalue weighted by Gasteiger charge is 2.46. The summed E-state index contributed by atoms with van der Waals surface area (Å²) in [5.41, 5.74) is 2.26. The first-order chi connectivity index (χ1) is 18.8. The van der Waals surface area contributed by atoms with Gasteiger partial charge in [0.1, 0.15) is 11.5 Å². The lowest BCUT2D eigenvalue weighted by molar-refractivity contribution is -0.123. The average molecular weight is 569 g/mol. The van der Waals surface area contributed by atoms with Crippen LogP contribution in [0, 0.1) is 0 Å². The number of carbonyl (C=O) groups excluding carboxylic acids is 2. The summed E-state index contributed by atoms with van der Waals surface area (Å²) in [4.78, 5) is 27.0. The first-order valence-corrected chi connectivity index (χ1v) is 13.8. The number of esters is 1. The molecule has 7 nitrogen and oxygen atoms in total. The van der Waals surface area contributed by atoms with Gasteiger partial charge in [-0.3, -0.25) is 4.79 Å². The van der Waals surface area contributed by atoms with Crippen molar-refractivity contribution in [3.63, 3.8) is 0 Å². The lowest BCUT2D eigenvalue weighted by Gasteiger charge is -2.48. The molecule has 9 heteroatoms. The summed E-state index contributed by atoms with van der Waals surface area (Å²) in [7, 11) is 1.33. The Labute approximate surface area is 237 Å². The third-order valence-corrected chi connectivity index (χ3v) is 8.31. The lowest BCUT2D eigenvalue weighted by Crippen LogP contribution is -2.60. The third kappa shape index (κ3) is 5.11. The van der Waals surface area contributed by atoms with E-state index in [1.165, 1.54) is 7.11 Å². The molecule has 1 unspecified atom stereocenters. The zero-order chi connectivity index (χ0) is 27.7. The van der Waals surface area contributed by atoms with Crippen LogP contribution >= 0.6 is 23.2 Å². The molecule has 2 fully saturated rings. The molecule has 5 rings (SSSR count). The molecule has 1 amide bonds. The number of carbonyl (C=O) groups is 2. The Morgan fingerprint density at radius 3 is 2.54 bits per heavy atom. The zero-order valence-electron chi connectivity index (χ0n) is 21.9. The van der Waals surface area contributed by atoms with Crippen molar-refractivity contribution in [1.82, 2.24) is 5.16 Å². The molecule has 1 aromatic heterocycles. The maximum Gasteiger partial charge on any atom is 0.337 e. The highest BCUT2D eigenvalue weighted by Crippen LogP contribution is 2.46. The second-order valence-electron chi connectivity index (χ2n) is 10.0. The number of benzene rings is 2. The number of rotatable bonds is 9. The number of hydrogen-bond acceptors (Lipinski definition) is 6. The fourth-order valence-electron chi connectivity index (χ4n) is 5.37. The van der Waals surface area contributed by atoms with E-state index in [0.29, 0.717) is 51.8 Å². The number of aromatic nitrogens is 1. The SMILES string of the molecule is C=CC1([C@H](C)OCc2c(-c3c(Cl)cccc3Cl)noc2C2CC2)CCCC(=O)N1c1ccc(C(=O)OC)cc1. The number of methoxy groups -OCH3 is 1. The number of ether oxygens (including phenoxy) is 2. The molecule has 0 bridgehead atoms. The minimum absolute atomic E-state index is 0.0328. The maximum atomic E-state index is 13.3. The van der Waals surface area contributed by atoms with Crippen molar-refractivity contribution < 1.29 is 23.6 Å². The molecule has 0 N–H and O–H groups in total. The lowest BCUT2D eigenvalue weighted by atomic mass is 9.81. The molecule has 0 radical (unpaired) electrons. The van der Waals surface area contributed by atoms with E-state index in [0.717, 1.165) is 24.2 Å². The van der Waals surface area contributed by atoms with Gasteiger partial charge in [0.25, 0.3) is 0 Å². The fraction of sp³-hybridized carbons (Fsp3) is 0.367. The number of amides is 1. The molecule has 1 aliphatic carbocycles. The number of halogens is 2. The van der Waals surface area contributed by atoms with Crippen molar-refractivity contribution >= 4 is 40.8 Å². The Hall–Kier alpha value is -3.13. The first-order valence-electron chi connectivity index (χ1n) is 13.0. The highest BCUT2D eigenvalue weighted by molar-refractivity contribution is 6.39. The van der Waals surface area contributed by atoms with Crippen LogP contribution < -0.4 is 4.90 Å². The van der Waals surface area contributed by atoms with Crippen molar-refractivity contribution in [3.8, 4) is 11.3 Å². The van der Waals surface area contributed by atoms with E-state index in [-0.39, 0.29) is 18.4 Å². The van der Waals surface area contributed by atoms with Crippen LogP contribution in [0.15, 0.2) is 59.6 Å². The normalized spacial score (nSPS) is 20.1. The van der Waals surface area contributed by atoms with Crippen LogP contribution in [0.1, 0.15) is 66.6 Å². The van der Waals surface area contributed by atoms with Crippen LogP contribution in [0.3, 0.4) is 0 Å². The number of anilines is 1. The molecular formula is C30H30Cl2N2O5.